The highest BCUT2D eigenvalue weighted by Gasteiger charge is 2.12. The van der Waals surface area contributed by atoms with E-state index in [-0.39, 0.29) is 12.6 Å². The van der Waals surface area contributed by atoms with Crippen molar-refractivity contribution in [1.29, 1.82) is 0 Å². The first-order chi connectivity index (χ1) is 6.15. The fraction of sp³-hybridized carbons (Fsp3) is 0.400. The Balaban J connectivity index is 2.91. The van der Waals surface area contributed by atoms with Crippen LogP contribution in [0.1, 0.15) is 11.6 Å². The molecule has 0 unspecified atom stereocenters. The van der Waals surface area contributed by atoms with Crippen molar-refractivity contribution in [3.05, 3.63) is 34.9 Å². The second-order valence-electron chi connectivity index (χ2n) is 3.22. The van der Waals surface area contributed by atoms with Crippen molar-refractivity contribution < 1.29 is 5.11 Å². The van der Waals surface area contributed by atoms with Gasteiger partial charge < -0.3 is 10.0 Å². The lowest BCUT2D eigenvalue weighted by Gasteiger charge is -2.22. The molecule has 0 fully saturated rings. The van der Waals surface area contributed by atoms with Crippen LogP contribution >= 0.6 is 11.6 Å². The summed E-state index contributed by atoms with van der Waals surface area (Å²) in [7, 11) is 3.86. The third-order valence-corrected chi connectivity index (χ3v) is 2.26. The number of hydrogen-bond acceptors (Lipinski definition) is 2. The molecule has 72 valence electrons. The number of aliphatic hydroxyl groups excluding tert-OH is 1. The van der Waals surface area contributed by atoms with Gasteiger partial charge in [-0.05, 0) is 31.8 Å². The van der Waals surface area contributed by atoms with Crippen LogP contribution in [0.2, 0.25) is 5.02 Å². The first-order valence-electron chi connectivity index (χ1n) is 4.18. The molecule has 0 saturated heterocycles. The second kappa shape index (κ2) is 4.61. The average molecular weight is 200 g/mol. The van der Waals surface area contributed by atoms with E-state index in [2.05, 4.69) is 0 Å². The lowest BCUT2D eigenvalue weighted by molar-refractivity contribution is 0.171. The molecule has 1 aromatic carbocycles. The summed E-state index contributed by atoms with van der Waals surface area (Å²) in [6, 6.07) is 7.59. The fourth-order valence-electron chi connectivity index (χ4n) is 1.28. The summed E-state index contributed by atoms with van der Waals surface area (Å²) in [5.74, 6) is 0. The largest absolute Gasteiger partial charge is 0.394 e. The molecule has 0 amide bonds. The minimum absolute atomic E-state index is 0.0266. The first kappa shape index (κ1) is 10.5. The topological polar surface area (TPSA) is 23.5 Å². The zero-order chi connectivity index (χ0) is 9.84. The number of halogens is 1. The van der Waals surface area contributed by atoms with Gasteiger partial charge in [0.25, 0.3) is 0 Å². The SMILES string of the molecule is CN(C)[C@H](CO)c1cccc(Cl)c1. The molecular formula is C10H14ClNO. The van der Waals surface area contributed by atoms with Gasteiger partial charge in [-0.15, -0.1) is 0 Å². The standard InChI is InChI=1S/C10H14ClNO/c1-12(2)10(7-13)8-4-3-5-9(11)6-8/h3-6,10,13H,7H2,1-2H3/t10-/m1/s1. The summed E-state index contributed by atoms with van der Waals surface area (Å²) in [5.41, 5.74) is 1.04. The van der Waals surface area contributed by atoms with Crippen molar-refractivity contribution in [1.82, 2.24) is 4.90 Å². The van der Waals surface area contributed by atoms with E-state index in [1.165, 1.54) is 0 Å². The number of likely N-dealkylation sites (N-methyl/N-ethyl adjacent to an activating group) is 1. The number of benzene rings is 1. The van der Waals surface area contributed by atoms with E-state index in [9.17, 15) is 0 Å². The predicted molar refractivity (Wildman–Crippen MR) is 55.0 cm³/mol. The first-order valence-corrected chi connectivity index (χ1v) is 4.55. The van der Waals surface area contributed by atoms with Crippen LogP contribution in [0.4, 0.5) is 0 Å². The normalized spacial score (nSPS) is 13.3. The van der Waals surface area contributed by atoms with Gasteiger partial charge >= 0.3 is 0 Å². The Kier molecular flexibility index (Phi) is 3.72. The van der Waals surface area contributed by atoms with Crippen molar-refractivity contribution in [2.45, 2.75) is 6.04 Å². The molecule has 1 N–H and O–H groups in total. The predicted octanol–water partition coefficient (Wildman–Crippen LogP) is 1.93. The van der Waals surface area contributed by atoms with Crippen LogP contribution < -0.4 is 0 Å². The van der Waals surface area contributed by atoms with E-state index in [0.717, 1.165) is 5.56 Å². The van der Waals surface area contributed by atoms with Gasteiger partial charge in [0.05, 0.1) is 12.6 Å². The van der Waals surface area contributed by atoms with E-state index < -0.39 is 0 Å². The summed E-state index contributed by atoms with van der Waals surface area (Å²) >= 11 is 5.85. The second-order valence-corrected chi connectivity index (χ2v) is 3.65. The smallest absolute Gasteiger partial charge is 0.0628 e. The van der Waals surface area contributed by atoms with Crippen LogP contribution in [0.3, 0.4) is 0 Å². The van der Waals surface area contributed by atoms with Gasteiger partial charge in [-0.3, -0.25) is 0 Å². The van der Waals surface area contributed by atoms with E-state index in [1.807, 2.05) is 43.3 Å². The molecule has 0 aliphatic carbocycles. The van der Waals surface area contributed by atoms with Gasteiger partial charge in [-0.1, -0.05) is 23.7 Å². The monoisotopic (exact) mass is 199 g/mol. The molecule has 0 saturated carbocycles. The molecule has 2 nitrogen and oxygen atoms in total. The highest BCUT2D eigenvalue weighted by Crippen LogP contribution is 2.20. The summed E-state index contributed by atoms with van der Waals surface area (Å²) in [5, 5.41) is 9.86. The zero-order valence-electron chi connectivity index (χ0n) is 7.87. The quantitative estimate of drug-likeness (QED) is 0.805. The maximum atomic E-state index is 9.16. The van der Waals surface area contributed by atoms with Crippen LogP contribution in [-0.2, 0) is 0 Å². The molecule has 0 radical (unpaired) electrons. The highest BCUT2D eigenvalue weighted by atomic mass is 35.5. The minimum atomic E-state index is 0.0266. The van der Waals surface area contributed by atoms with E-state index in [1.54, 1.807) is 0 Å². The lowest BCUT2D eigenvalue weighted by atomic mass is 10.1. The molecule has 1 rings (SSSR count). The van der Waals surface area contributed by atoms with Crippen LogP contribution in [-0.4, -0.2) is 30.7 Å². The molecule has 3 heteroatoms. The van der Waals surface area contributed by atoms with Gasteiger partial charge in [0, 0.05) is 5.02 Å². The van der Waals surface area contributed by atoms with Crippen molar-refractivity contribution in [3.8, 4) is 0 Å². The maximum absolute atomic E-state index is 9.16. The highest BCUT2D eigenvalue weighted by molar-refractivity contribution is 6.30. The molecule has 0 aliphatic heterocycles. The van der Waals surface area contributed by atoms with Crippen molar-refractivity contribution in [2.75, 3.05) is 20.7 Å². The number of rotatable bonds is 3. The molecule has 1 atom stereocenters. The van der Waals surface area contributed by atoms with Gasteiger partial charge in [-0.2, -0.15) is 0 Å². The lowest BCUT2D eigenvalue weighted by Crippen LogP contribution is -2.22. The Morgan fingerprint density at radius 2 is 2.15 bits per heavy atom. The third-order valence-electron chi connectivity index (χ3n) is 2.03. The Morgan fingerprint density at radius 3 is 2.62 bits per heavy atom. The number of hydrogen-bond donors (Lipinski definition) is 1. The Morgan fingerprint density at radius 1 is 1.46 bits per heavy atom. The van der Waals surface area contributed by atoms with Gasteiger partial charge in [0.15, 0.2) is 0 Å². The Bertz CT molecular complexity index is 275. The summed E-state index contributed by atoms with van der Waals surface area (Å²) in [4.78, 5) is 1.96. The molecule has 0 aromatic heterocycles. The van der Waals surface area contributed by atoms with Crippen LogP contribution in [0, 0.1) is 0 Å². The van der Waals surface area contributed by atoms with E-state index in [0.29, 0.717) is 5.02 Å². The zero-order valence-corrected chi connectivity index (χ0v) is 8.62. The Hall–Kier alpha value is -0.570. The van der Waals surface area contributed by atoms with Crippen LogP contribution in [0.25, 0.3) is 0 Å². The van der Waals surface area contributed by atoms with Crippen LogP contribution in [0.15, 0.2) is 24.3 Å². The van der Waals surface area contributed by atoms with Crippen molar-refractivity contribution in [3.63, 3.8) is 0 Å². The number of aliphatic hydroxyl groups is 1. The molecule has 13 heavy (non-hydrogen) atoms. The minimum Gasteiger partial charge on any atom is -0.394 e. The molecule has 1 aromatic rings. The summed E-state index contributed by atoms with van der Waals surface area (Å²) < 4.78 is 0. The average Bonchev–Trinajstić information content (AvgIpc) is 2.04. The molecule has 0 aliphatic rings. The van der Waals surface area contributed by atoms with Gasteiger partial charge in [-0.25, -0.2) is 0 Å². The van der Waals surface area contributed by atoms with Gasteiger partial charge in [0.1, 0.15) is 0 Å². The van der Waals surface area contributed by atoms with Crippen LogP contribution in [0.5, 0.6) is 0 Å². The third kappa shape index (κ3) is 2.69. The summed E-state index contributed by atoms with van der Waals surface area (Å²) in [6.45, 7) is 0.105. The van der Waals surface area contributed by atoms with Crippen molar-refractivity contribution >= 4 is 11.6 Å². The van der Waals surface area contributed by atoms with Gasteiger partial charge in [0.2, 0.25) is 0 Å². The molecule has 0 heterocycles. The van der Waals surface area contributed by atoms with Crippen molar-refractivity contribution in [2.24, 2.45) is 0 Å². The number of nitrogens with zero attached hydrogens (tertiary/aromatic N) is 1. The molecular weight excluding hydrogens is 186 g/mol. The van der Waals surface area contributed by atoms with E-state index >= 15 is 0 Å². The summed E-state index contributed by atoms with van der Waals surface area (Å²) in [6.07, 6.45) is 0. The molecule has 0 spiro atoms. The Labute approximate surface area is 83.7 Å². The molecule has 0 bridgehead atoms. The van der Waals surface area contributed by atoms with E-state index in [4.69, 9.17) is 16.7 Å². The maximum Gasteiger partial charge on any atom is 0.0628 e. The fourth-order valence-corrected chi connectivity index (χ4v) is 1.48.